The Morgan fingerprint density at radius 1 is 1.21 bits per heavy atom. The molecule has 1 amide bonds. The van der Waals surface area contributed by atoms with Crippen molar-refractivity contribution in [3.63, 3.8) is 0 Å². The monoisotopic (exact) mass is 420 g/mol. The quantitative estimate of drug-likeness (QED) is 0.805. The van der Waals surface area contributed by atoms with Gasteiger partial charge in [0.15, 0.2) is 0 Å². The molecule has 2 atom stereocenters. The third kappa shape index (κ3) is 4.53. The van der Waals surface area contributed by atoms with E-state index in [9.17, 15) is 17.6 Å². The molecular weight excluding hydrogens is 395 g/mol. The molecule has 156 valence electrons. The molecule has 0 aromatic heterocycles. The van der Waals surface area contributed by atoms with Crippen LogP contribution in [0.1, 0.15) is 38.8 Å². The average molecular weight is 421 g/mol. The van der Waals surface area contributed by atoms with E-state index in [1.54, 1.807) is 0 Å². The molecule has 2 aromatic rings. The van der Waals surface area contributed by atoms with Crippen LogP contribution < -0.4 is 14.4 Å². The van der Waals surface area contributed by atoms with Crippen molar-refractivity contribution < 1.29 is 22.3 Å². The number of hydrogen-bond acceptors (Lipinski definition) is 4. The van der Waals surface area contributed by atoms with Crippen molar-refractivity contribution in [2.45, 2.75) is 44.9 Å². The van der Waals surface area contributed by atoms with Gasteiger partial charge in [0, 0.05) is 12.0 Å². The Morgan fingerprint density at radius 3 is 2.48 bits per heavy atom. The third-order valence-electron chi connectivity index (χ3n) is 4.87. The van der Waals surface area contributed by atoms with Gasteiger partial charge in [-0.3, -0.25) is 9.10 Å². The topological polar surface area (TPSA) is 75.7 Å². The van der Waals surface area contributed by atoms with E-state index in [1.165, 1.54) is 25.1 Å². The van der Waals surface area contributed by atoms with Crippen LogP contribution in [0, 0.1) is 5.82 Å². The number of hydrogen-bond donors (Lipinski definition) is 1. The van der Waals surface area contributed by atoms with Gasteiger partial charge in [-0.15, -0.1) is 0 Å². The molecule has 8 heteroatoms. The van der Waals surface area contributed by atoms with E-state index in [2.05, 4.69) is 5.32 Å². The van der Waals surface area contributed by atoms with E-state index in [1.807, 2.05) is 38.1 Å². The predicted octanol–water partition coefficient (Wildman–Crippen LogP) is 3.40. The van der Waals surface area contributed by atoms with Gasteiger partial charge in [0.1, 0.15) is 23.2 Å². The van der Waals surface area contributed by atoms with Crippen molar-refractivity contribution in [3.05, 3.63) is 59.9 Å². The van der Waals surface area contributed by atoms with Gasteiger partial charge < -0.3 is 10.1 Å². The fourth-order valence-electron chi connectivity index (χ4n) is 3.63. The number of halogens is 1. The Hall–Kier alpha value is -2.61. The highest BCUT2D eigenvalue weighted by molar-refractivity contribution is 7.92. The van der Waals surface area contributed by atoms with Crippen molar-refractivity contribution in [1.82, 2.24) is 5.32 Å². The number of anilines is 1. The molecule has 29 heavy (non-hydrogen) atoms. The number of benzene rings is 2. The van der Waals surface area contributed by atoms with Gasteiger partial charge >= 0.3 is 0 Å². The average Bonchev–Trinajstić information content (AvgIpc) is 2.61. The number of sulfonamides is 1. The van der Waals surface area contributed by atoms with E-state index in [0.29, 0.717) is 12.2 Å². The normalized spacial score (nSPS) is 18.9. The minimum atomic E-state index is -3.90. The van der Waals surface area contributed by atoms with E-state index in [-0.39, 0.29) is 11.7 Å². The smallest absolute Gasteiger partial charge is 0.244 e. The second-order valence-corrected chi connectivity index (χ2v) is 9.71. The van der Waals surface area contributed by atoms with Gasteiger partial charge in [0.2, 0.25) is 15.9 Å². The molecule has 1 aliphatic heterocycles. The van der Waals surface area contributed by atoms with E-state index in [0.717, 1.165) is 22.2 Å². The largest absolute Gasteiger partial charge is 0.487 e. The molecule has 0 radical (unpaired) electrons. The molecule has 6 nitrogen and oxygen atoms in total. The molecule has 3 rings (SSSR count). The van der Waals surface area contributed by atoms with Gasteiger partial charge in [-0.05, 0) is 39.0 Å². The van der Waals surface area contributed by atoms with Crippen LogP contribution in [0.5, 0.6) is 5.75 Å². The number of nitrogens with zero attached hydrogens (tertiary/aromatic N) is 1. The maximum Gasteiger partial charge on any atom is 0.244 e. The Bertz CT molecular complexity index is 1020. The zero-order valence-electron chi connectivity index (χ0n) is 16.8. The Balaban J connectivity index is 1.90. The van der Waals surface area contributed by atoms with E-state index < -0.39 is 33.4 Å². The molecule has 0 saturated carbocycles. The summed E-state index contributed by atoms with van der Waals surface area (Å²) in [4.78, 5) is 13.0. The van der Waals surface area contributed by atoms with Crippen LogP contribution >= 0.6 is 0 Å². The molecule has 1 N–H and O–H groups in total. The summed E-state index contributed by atoms with van der Waals surface area (Å²) >= 11 is 0. The van der Waals surface area contributed by atoms with E-state index >= 15 is 0 Å². The lowest BCUT2D eigenvalue weighted by Gasteiger charge is -2.38. The van der Waals surface area contributed by atoms with Crippen molar-refractivity contribution in [1.29, 1.82) is 0 Å². The molecule has 0 saturated heterocycles. The molecule has 0 unspecified atom stereocenters. The fourth-order valence-corrected chi connectivity index (χ4v) is 4.81. The molecule has 0 fully saturated rings. The van der Waals surface area contributed by atoms with Gasteiger partial charge in [-0.1, -0.05) is 30.3 Å². The summed E-state index contributed by atoms with van der Waals surface area (Å²) in [6, 6.07) is 11.4. The number of fused-ring (bicyclic) bond motifs is 1. The van der Waals surface area contributed by atoms with Gasteiger partial charge in [0.25, 0.3) is 0 Å². The van der Waals surface area contributed by atoms with Crippen LogP contribution in [0.3, 0.4) is 0 Å². The second-order valence-electron chi connectivity index (χ2n) is 7.85. The van der Waals surface area contributed by atoms with Gasteiger partial charge in [-0.25, -0.2) is 12.8 Å². The summed E-state index contributed by atoms with van der Waals surface area (Å²) in [5, 5.41) is 2.92. The first-order chi connectivity index (χ1) is 13.5. The first kappa shape index (κ1) is 21.1. The van der Waals surface area contributed by atoms with Crippen molar-refractivity contribution in [2.24, 2.45) is 0 Å². The SMILES string of the molecule is C[C@@H](C(=O)N[C@@H]1CC(C)(C)Oc2ccccc21)N(c1ccccc1F)S(C)(=O)=O. The fraction of sp³-hybridized carbons (Fsp3) is 0.381. The van der Waals surface area contributed by atoms with Crippen molar-refractivity contribution in [3.8, 4) is 5.75 Å². The first-order valence-corrected chi connectivity index (χ1v) is 11.2. The summed E-state index contributed by atoms with van der Waals surface area (Å²) < 4.78 is 45.8. The predicted molar refractivity (Wildman–Crippen MR) is 110 cm³/mol. The number of carbonyl (C=O) groups is 1. The summed E-state index contributed by atoms with van der Waals surface area (Å²) in [6.07, 6.45) is 1.47. The number of rotatable bonds is 5. The summed E-state index contributed by atoms with van der Waals surface area (Å²) in [7, 11) is -3.90. The number of amides is 1. The summed E-state index contributed by atoms with van der Waals surface area (Å²) in [6.45, 7) is 5.29. The highest BCUT2D eigenvalue weighted by atomic mass is 32.2. The van der Waals surface area contributed by atoms with Crippen LogP contribution in [0.2, 0.25) is 0 Å². The molecular formula is C21H25FN2O4S. The lowest BCUT2D eigenvalue weighted by Crippen LogP contribution is -2.50. The van der Waals surface area contributed by atoms with Gasteiger partial charge in [0.05, 0.1) is 18.0 Å². The standard InChI is InChI=1S/C21H25FN2O4S/c1-14(24(29(4,26)27)18-11-7-6-10-16(18)22)20(25)23-17-13-21(2,3)28-19-12-8-5-9-15(17)19/h5-12,14,17H,13H2,1-4H3,(H,23,25)/t14-,17+/m0/s1. The maximum atomic E-state index is 14.3. The minimum absolute atomic E-state index is 0.162. The summed E-state index contributed by atoms with van der Waals surface area (Å²) in [5.41, 5.74) is 0.159. The number of para-hydroxylation sites is 2. The Morgan fingerprint density at radius 2 is 1.83 bits per heavy atom. The number of carbonyl (C=O) groups excluding carboxylic acids is 1. The molecule has 0 aliphatic carbocycles. The summed E-state index contributed by atoms with van der Waals surface area (Å²) in [5.74, 6) is -0.554. The van der Waals surface area contributed by atoms with Crippen LogP contribution in [-0.2, 0) is 14.8 Å². The zero-order chi connectivity index (χ0) is 21.4. The minimum Gasteiger partial charge on any atom is -0.487 e. The number of nitrogens with one attached hydrogen (secondary N) is 1. The highest BCUT2D eigenvalue weighted by Gasteiger charge is 2.37. The molecule has 1 heterocycles. The Labute approximate surface area is 170 Å². The Kier molecular flexibility index (Phi) is 5.58. The van der Waals surface area contributed by atoms with Crippen molar-refractivity contribution in [2.75, 3.05) is 10.6 Å². The van der Waals surface area contributed by atoms with Crippen LogP contribution in [0.15, 0.2) is 48.5 Å². The van der Waals surface area contributed by atoms with Crippen LogP contribution in [-0.4, -0.2) is 32.2 Å². The third-order valence-corrected chi connectivity index (χ3v) is 6.10. The highest BCUT2D eigenvalue weighted by Crippen LogP contribution is 2.39. The lowest BCUT2D eigenvalue weighted by molar-refractivity contribution is -0.123. The molecule has 0 spiro atoms. The number of ether oxygens (including phenoxy) is 1. The molecule has 2 aromatic carbocycles. The van der Waals surface area contributed by atoms with Crippen LogP contribution in [0.4, 0.5) is 10.1 Å². The van der Waals surface area contributed by atoms with Crippen LogP contribution in [0.25, 0.3) is 0 Å². The van der Waals surface area contributed by atoms with E-state index in [4.69, 9.17) is 4.74 Å². The molecule has 0 bridgehead atoms. The van der Waals surface area contributed by atoms with Crippen molar-refractivity contribution >= 4 is 21.6 Å². The first-order valence-electron chi connectivity index (χ1n) is 9.32. The second kappa shape index (κ2) is 7.67. The lowest BCUT2D eigenvalue weighted by atomic mass is 9.89. The van der Waals surface area contributed by atoms with Gasteiger partial charge in [-0.2, -0.15) is 0 Å². The molecule has 1 aliphatic rings. The zero-order valence-corrected chi connectivity index (χ0v) is 17.7. The maximum absolute atomic E-state index is 14.3.